The van der Waals surface area contributed by atoms with Gasteiger partial charge in [0.15, 0.2) is 6.61 Å². The molecule has 166 valence electrons. The van der Waals surface area contributed by atoms with E-state index in [1.54, 1.807) is 36.1 Å². The molecule has 1 amide bonds. The number of halogens is 3. The molecule has 0 aromatic carbocycles. The molecule has 9 nitrogen and oxygen atoms in total. The SMILES string of the molecule is CCn1cc(C(=O)Nc2cc3[nH]c(-c4ccnc(OCC(F)(F)F)n4)cc3cn2)c(C)n1. The second-order valence-electron chi connectivity index (χ2n) is 6.91. The fourth-order valence-electron chi connectivity index (χ4n) is 3.03. The molecule has 0 saturated heterocycles. The highest BCUT2D eigenvalue weighted by molar-refractivity contribution is 6.05. The third-order valence-electron chi connectivity index (χ3n) is 4.53. The van der Waals surface area contributed by atoms with Crippen molar-refractivity contribution in [2.24, 2.45) is 0 Å². The molecule has 2 N–H and O–H groups in total. The van der Waals surface area contributed by atoms with Gasteiger partial charge in [0.25, 0.3) is 5.91 Å². The molecule has 0 aliphatic rings. The van der Waals surface area contributed by atoms with Crippen molar-refractivity contribution in [2.75, 3.05) is 11.9 Å². The number of hydrogen-bond acceptors (Lipinski definition) is 6. The number of H-pyrrole nitrogens is 1. The second kappa shape index (κ2) is 8.29. The van der Waals surface area contributed by atoms with Crippen molar-refractivity contribution in [1.29, 1.82) is 0 Å². The minimum absolute atomic E-state index is 0.330. The molecule has 0 fully saturated rings. The second-order valence-corrected chi connectivity index (χ2v) is 6.91. The van der Waals surface area contributed by atoms with Gasteiger partial charge >= 0.3 is 12.2 Å². The predicted molar refractivity (Wildman–Crippen MR) is 109 cm³/mol. The molecule has 0 saturated carbocycles. The number of ether oxygens (including phenoxy) is 1. The summed E-state index contributed by atoms with van der Waals surface area (Å²) in [6, 6.07) is 4.54. The van der Waals surface area contributed by atoms with Gasteiger partial charge in [0.1, 0.15) is 5.82 Å². The number of pyridine rings is 1. The number of anilines is 1. The van der Waals surface area contributed by atoms with E-state index < -0.39 is 12.8 Å². The Morgan fingerprint density at radius 3 is 2.81 bits per heavy atom. The van der Waals surface area contributed by atoms with E-state index in [-0.39, 0.29) is 11.9 Å². The van der Waals surface area contributed by atoms with Crippen molar-refractivity contribution in [3.8, 4) is 17.4 Å². The number of alkyl halides is 3. The van der Waals surface area contributed by atoms with Gasteiger partial charge in [0.05, 0.1) is 28.2 Å². The van der Waals surface area contributed by atoms with Gasteiger partial charge in [-0.25, -0.2) is 9.97 Å². The third kappa shape index (κ3) is 4.68. The minimum Gasteiger partial charge on any atom is -0.454 e. The van der Waals surface area contributed by atoms with Crippen LogP contribution in [0.15, 0.2) is 36.8 Å². The average molecular weight is 445 g/mol. The van der Waals surface area contributed by atoms with E-state index in [1.165, 1.54) is 12.3 Å². The summed E-state index contributed by atoms with van der Waals surface area (Å²) in [4.78, 5) is 27.6. The molecule has 32 heavy (non-hydrogen) atoms. The number of aryl methyl sites for hydroxylation is 2. The van der Waals surface area contributed by atoms with Crippen LogP contribution in [0.2, 0.25) is 0 Å². The first-order valence-electron chi connectivity index (χ1n) is 9.59. The standard InChI is InChI=1S/C20H18F3N7O2/c1-3-30-9-13(11(2)29-30)18(31)28-17-7-15-12(8-25-17)6-16(26-15)14-4-5-24-19(27-14)32-10-20(21,22)23/h4-9,26H,3,10H2,1-2H3,(H,25,28,31). The van der Waals surface area contributed by atoms with Crippen LogP contribution in [-0.2, 0) is 6.54 Å². The van der Waals surface area contributed by atoms with E-state index in [0.717, 1.165) is 5.39 Å². The minimum atomic E-state index is -4.49. The number of carbonyl (C=O) groups is 1. The van der Waals surface area contributed by atoms with Crippen LogP contribution < -0.4 is 10.1 Å². The summed E-state index contributed by atoms with van der Waals surface area (Å²) in [5.74, 6) is -0.000444. The van der Waals surface area contributed by atoms with Crippen LogP contribution in [0.3, 0.4) is 0 Å². The molecule has 0 unspecified atom stereocenters. The number of aromatic amines is 1. The molecule has 0 spiro atoms. The summed E-state index contributed by atoms with van der Waals surface area (Å²) in [6.07, 6.45) is 0.0576. The molecule has 0 aliphatic heterocycles. The highest BCUT2D eigenvalue weighted by Crippen LogP contribution is 2.25. The largest absolute Gasteiger partial charge is 0.454 e. The van der Waals surface area contributed by atoms with Gasteiger partial charge in [-0.3, -0.25) is 9.48 Å². The number of nitrogens with one attached hydrogen (secondary N) is 2. The molecule has 12 heteroatoms. The average Bonchev–Trinajstić information content (AvgIpc) is 3.35. The zero-order valence-corrected chi connectivity index (χ0v) is 17.1. The van der Waals surface area contributed by atoms with Crippen LogP contribution in [0.25, 0.3) is 22.3 Å². The van der Waals surface area contributed by atoms with Gasteiger partial charge in [0, 0.05) is 36.6 Å². The van der Waals surface area contributed by atoms with Crippen molar-refractivity contribution in [3.63, 3.8) is 0 Å². The lowest BCUT2D eigenvalue weighted by molar-refractivity contribution is -0.154. The number of rotatable bonds is 6. The number of carbonyl (C=O) groups excluding carboxylic acids is 1. The zero-order chi connectivity index (χ0) is 22.9. The van der Waals surface area contributed by atoms with Crippen LogP contribution in [0.1, 0.15) is 23.0 Å². The lowest BCUT2D eigenvalue weighted by Crippen LogP contribution is -2.20. The molecule has 0 bridgehead atoms. The quantitative estimate of drug-likeness (QED) is 0.468. The van der Waals surface area contributed by atoms with E-state index in [9.17, 15) is 18.0 Å². The lowest BCUT2D eigenvalue weighted by atomic mass is 10.2. The first-order chi connectivity index (χ1) is 15.2. The summed E-state index contributed by atoms with van der Waals surface area (Å²) in [5.41, 5.74) is 2.60. The van der Waals surface area contributed by atoms with Crippen LogP contribution in [0.5, 0.6) is 6.01 Å². The summed E-state index contributed by atoms with van der Waals surface area (Å²) in [5, 5.41) is 7.73. The van der Waals surface area contributed by atoms with Crippen LogP contribution in [0.4, 0.5) is 19.0 Å². The van der Waals surface area contributed by atoms with Crippen molar-refractivity contribution in [3.05, 3.63) is 48.0 Å². The normalized spacial score (nSPS) is 11.7. The van der Waals surface area contributed by atoms with Crippen LogP contribution >= 0.6 is 0 Å². The Labute approximate surface area is 179 Å². The van der Waals surface area contributed by atoms with Gasteiger partial charge in [0.2, 0.25) is 0 Å². The molecule has 0 radical (unpaired) electrons. The zero-order valence-electron chi connectivity index (χ0n) is 17.1. The van der Waals surface area contributed by atoms with Crippen molar-refractivity contribution < 1.29 is 22.7 Å². The van der Waals surface area contributed by atoms with Crippen LogP contribution in [-0.4, -0.2) is 48.4 Å². The van der Waals surface area contributed by atoms with E-state index in [4.69, 9.17) is 0 Å². The summed E-state index contributed by atoms with van der Waals surface area (Å²) < 4.78 is 43.3. The number of nitrogens with zero attached hydrogens (tertiary/aromatic N) is 5. The molecule has 0 atom stereocenters. The Morgan fingerprint density at radius 1 is 1.28 bits per heavy atom. The smallest absolute Gasteiger partial charge is 0.422 e. The van der Waals surface area contributed by atoms with E-state index in [0.29, 0.717) is 40.5 Å². The highest BCUT2D eigenvalue weighted by atomic mass is 19.4. The van der Waals surface area contributed by atoms with Crippen molar-refractivity contribution in [1.82, 2.24) is 29.7 Å². The van der Waals surface area contributed by atoms with E-state index >= 15 is 0 Å². The Bertz CT molecular complexity index is 1280. The van der Waals surface area contributed by atoms with Gasteiger partial charge < -0.3 is 15.0 Å². The maximum absolute atomic E-state index is 12.6. The van der Waals surface area contributed by atoms with Gasteiger partial charge in [-0.05, 0) is 26.0 Å². The van der Waals surface area contributed by atoms with Gasteiger partial charge in [-0.15, -0.1) is 0 Å². The maximum atomic E-state index is 12.6. The maximum Gasteiger partial charge on any atom is 0.422 e. The first kappa shape index (κ1) is 21.3. The summed E-state index contributed by atoms with van der Waals surface area (Å²) in [6.45, 7) is 2.85. The molecular weight excluding hydrogens is 427 g/mol. The molecule has 4 heterocycles. The Balaban J connectivity index is 1.54. The Hall–Kier alpha value is -3.96. The van der Waals surface area contributed by atoms with Crippen molar-refractivity contribution in [2.45, 2.75) is 26.6 Å². The number of amides is 1. The fourth-order valence-corrected chi connectivity index (χ4v) is 3.03. The topological polar surface area (TPSA) is 111 Å². The third-order valence-corrected chi connectivity index (χ3v) is 4.53. The summed E-state index contributed by atoms with van der Waals surface area (Å²) >= 11 is 0. The van der Waals surface area contributed by atoms with E-state index in [1.807, 2.05) is 6.92 Å². The molecular formula is C20H18F3N7O2. The lowest BCUT2D eigenvalue weighted by Gasteiger charge is -2.07. The Morgan fingerprint density at radius 2 is 2.09 bits per heavy atom. The van der Waals surface area contributed by atoms with E-state index in [2.05, 4.69) is 35.1 Å². The van der Waals surface area contributed by atoms with Crippen LogP contribution in [0, 0.1) is 6.92 Å². The number of fused-ring (bicyclic) bond motifs is 1. The number of hydrogen-bond donors (Lipinski definition) is 2. The molecule has 4 aromatic rings. The molecule has 4 aromatic heterocycles. The summed E-state index contributed by atoms with van der Waals surface area (Å²) in [7, 11) is 0. The Kier molecular flexibility index (Phi) is 5.51. The van der Waals surface area contributed by atoms with Gasteiger partial charge in [-0.2, -0.15) is 23.3 Å². The first-order valence-corrected chi connectivity index (χ1v) is 9.59. The molecule has 4 rings (SSSR count). The fraction of sp³-hybridized carbons (Fsp3) is 0.250. The van der Waals surface area contributed by atoms with Gasteiger partial charge in [-0.1, -0.05) is 0 Å². The number of aromatic nitrogens is 6. The predicted octanol–water partition coefficient (Wildman–Crippen LogP) is 3.74. The molecule has 0 aliphatic carbocycles. The monoisotopic (exact) mass is 445 g/mol. The van der Waals surface area contributed by atoms with Crippen molar-refractivity contribution >= 4 is 22.6 Å². The highest BCUT2D eigenvalue weighted by Gasteiger charge is 2.29.